The number of amides is 2. The number of hydrogen-bond acceptors (Lipinski definition) is 5. The van der Waals surface area contributed by atoms with Crippen molar-refractivity contribution in [2.45, 2.75) is 39.3 Å². The molecule has 1 N–H and O–H groups in total. The van der Waals surface area contributed by atoms with Gasteiger partial charge < -0.3 is 10.1 Å². The van der Waals surface area contributed by atoms with E-state index in [-0.39, 0.29) is 11.8 Å². The smallest absolute Gasteiger partial charge is 0.251 e. The Morgan fingerprint density at radius 2 is 1.89 bits per heavy atom. The number of nitrogens with one attached hydrogen (secondary N) is 1. The van der Waals surface area contributed by atoms with Gasteiger partial charge >= 0.3 is 0 Å². The van der Waals surface area contributed by atoms with Crippen molar-refractivity contribution in [1.82, 2.24) is 15.1 Å². The average molecular weight is 493 g/mol. The summed E-state index contributed by atoms with van der Waals surface area (Å²) >= 11 is 1.92. The first-order valence-corrected chi connectivity index (χ1v) is 13.2. The van der Waals surface area contributed by atoms with Gasteiger partial charge in [0.05, 0.1) is 25.9 Å². The first kappa shape index (κ1) is 24.9. The summed E-state index contributed by atoms with van der Waals surface area (Å²) in [6.45, 7) is 3.86. The maximum Gasteiger partial charge on any atom is 0.251 e. The number of benzene rings is 2. The fourth-order valence-corrected chi connectivity index (χ4v) is 4.84. The molecule has 2 aromatic carbocycles. The Morgan fingerprint density at radius 3 is 2.60 bits per heavy atom. The van der Waals surface area contributed by atoms with Crippen molar-refractivity contribution >= 4 is 29.4 Å². The van der Waals surface area contributed by atoms with Crippen LogP contribution in [0.1, 0.15) is 42.1 Å². The van der Waals surface area contributed by atoms with Gasteiger partial charge in [0, 0.05) is 30.2 Å². The zero-order valence-electron chi connectivity index (χ0n) is 20.3. The van der Waals surface area contributed by atoms with E-state index in [4.69, 9.17) is 9.84 Å². The third-order valence-electron chi connectivity index (χ3n) is 5.92. The van der Waals surface area contributed by atoms with Crippen molar-refractivity contribution in [3.63, 3.8) is 0 Å². The second-order valence-corrected chi connectivity index (χ2v) is 9.71. The van der Waals surface area contributed by atoms with Crippen LogP contribution in [0.3, 0.4) is 0 Å². The highest BCUT2D eigenvalue weighted by Crippen LogP contribution is 2.30. The van der Waals surface area contributed by atoms with E-state index in [2.05, 4.69) is 12.2 Å². The lowest BCUT2D eigenvalue weighted by Gasteiger charge is -2.27. The van der Waals surface area contributed by atoms with E-state index in [0.29, 0.717) is 31.6 Å². The molecule has 2 heterocycles. The molecule has 8 heteroatoms. The van der Waals surface area contributed by atoms with Crippen LogP contribution in [0.2, 0.25) is 0 Å². The van der Waals surface area contributed by atoms with E-state index in [1.165, 1.54) is 12.2 Å². The molecule has 0 radical (unpaired) electrons. The molecule has 0 unspecified atom stereocenters. The van der Waals surface area contributed by atoms with E-state index in [0.717, 1.165) is 40.6 Å². The zero-order chi connectivity index (χ0) is 24.6. The lowest BCUT2D eigenvalue weighted by molar-refractivity contribution is -0.119. The standard InChI is InChI=1S/C27H32N4O3S/c1-3-16-35-17-4-14-28-27(33)22-7-5-20(6-8-22)19-30-25-18-24(29-31(25)15-13-26(30)32)21-9-11-23(34-2)12-10-21/h5-12,18H,3-4,13-17,19H2,1-2H3,(H,28,33). The normalized spacial score (nSPS) is 13.0. The summed E-state index contributed by atoms with van der Waals surface area (Å²) in [6, 6.07) is 17.2. The third kappa shape index (κ3) is 6.25. The quantitative estimate of drug-likeness (QED) is 0.391. The topological polar surface area (TPSA) is 76.5 Å². The van der Waals surface area contributed by atoms with Crippen LogP contribution >= 0.6 is 11.8 Å². The van der Waals surface area contributed by atoms with Crippen LogP contribution in [0.5, 0.6) is 5.75 Å². The second kappa shape index (κ2) is 11.9. The van der Waals surface area contributed by atoms with Gasteiger partial charge in [0.1, 0.15) is 11.6 Å². The van der Waals surface area contributed by atoms with E-state index in [1.807, 2.05) is 71.0 Å². The van der Waals surface area contributed by atoms with E-state index < -0.39 is 0 Å². The van der Waals surface area contributed by atoms with Crippen LogP contribution < -0.4 is 15.0 Å². The number of carbonyl (C=O) groups excluding carboxylic acids is 2. The Bertz CT molecular complexity index is 1140. The predicted octanol–water partition coefficient (Wildman–Crippen LogP) is 4.76. The van der Waals surface area contributed by atoms with Crippen LogP contribution in [0, 0.1) is 0 Å². The summed E-state index contributed by atoms with van der Waals surface area (Å²) in [7, 11) is 1.64. The number of hydrogen-bond donors (Lipinski definition) is 1. The number of nitrogens with zero attached hydrogens (tertiary/aromatic N) is 3. The number of ether oxygens (including phenoxy) is 1. The van der Waals surface area contributed by atoms with Gasteiger partial charge in [-0.2, -0.15) is 16.9 Å². The summed E-state index contributed by atoms with van der Waals surface area (Å²) in [5, 5.41) is 7.71. The predicted molar refractivity (Wildman–Crippen MR) is 141 cm³/mol. The second-order valence-electron chi connectivity index (χ2n) is 8.49. The molecule has 4 rings (SSSR count). The fourth-order valence-electron chi connectivity index (χ4n) is 3.99. The molecule has 0 atom stereocenters. The van der Waals surface area contributed by atoms with Crippen LogP contribution in [-0.4, -0.2) is 46.8 Å². The van der Waals surface area contributed by atoms with Gasteiger partial charge in [0.15, 0.2) is 0 Å². The highest BCUT2D eigenvalue weighted by Gasteiger charge is 2.26. The van der Waals surface area contributed by atoms with Crippen molar-refractivity contribution in [1.29, 1.82) is 0 Å². The molecule has 0 spiro atoms. The molecule has 1 aromatic heterocycles. The molecule has 0 saturated carbocycles. The van der Waals surface area contributed by atoms with Crippen molar-refractivity contribution in [2.75, 3.05) is 30.1 Å². The van der Waals surface area contributed by atoms with E-state index >= 15 is 0 Å². The molecular weight excluding hydrogens is 460 g/mol. The first-order chi connectivity index (χ1) is 17.1. The molecule has 1 aliphatic rings. The molecule has 0 aliphatic carbocycles. The molecule has 7 nitrogen and oxygen atoms in total. The lowest BCUT2D eigenvalue weighted by Crippen LogP contribution is -2.36. The van der Waals surface area contributed by atoms with Gasteiger partial charge in [-0.25, -0.2) is 4.68 Å². The number of aryl methyl sites for hydroxylation is 1. The Kier molecular flexibility index (Phi) is 8.47. The molecule has 3 aromatic rings. The van der Waals surface area contributed by atoms with Gasteiger partial charge in [0.25, 0.3) is 5.91 Å². The van der Waals surface area contributed by atoms with Crippen molar-refractivity contribution in [3.05, 3.63) is 65.7 Å². The van der Waals surface area contributed by atoms with Crippen LogP contribution in [-0.2, 0) is 17.9 Å². The highest BCUT2D eigenvalue weighted by molar-refractivity contribution is 7.99. The average Bonchev–Trinajstić information content (AvgIpc) is 3.33. The maximum atomic E-state index is 12.8. The van der Waals surface area contributed by atoms with Gasteiger partial charge in [-0.3, -0.25) is 14.5 Å². The summed E-state index contributed by atoms with van der Waals surface area (Å²) in [5.74, 6) is 3.81. The zero-order valence-corrected chi connectivity index (χ0v) is 21.1. The lowest BCUT2D eigenvalue weighted by atomic mass is 10.1. The number of methoxy groups -OCH3 is 1. The third-order valence-corrected chi connectivity index (χ3v) is 7.19. The number of anilines is 1. The summed E-state index contributed by atoms with van der Waals surface area (Å²) in [5.41, 5.74) is 3.39. The van der Waals surface area contributed by atoms with E-state index in [9.17, 15) is 9.59 Å². The van der Waals surface area contributed by atoms with Crippen molar-refractivity contribution < 1.29 is 14.3 Å². The van der Waals surface area contributed by atoms with Crippen molar-refractivity contribution in [2.24, 2.45) is 0 Å². The molecule has 0 saturated heterocycles. The van der Waals surface area contributed by atoms with Crippen molar-refractivity contribution in [3.8, 4) is 17.0 Å². The molecule has 35 heavy (non-hydrogen) atoms. The molecular formula is C27H32N4O3S. The Balaban J connectivity index is 1.40. The van der Waals surface area contributed by atoms with E-state index in [1.54, 1.807) is 12.0 Å². The molecule has 2 amide bonds. The van der Waals surface area contributed by atoms with Gasteiger partial charge in [-0.05, 0) is 66.3 Å². The highest BCUT2D eigenvalue weighted by atomic mass is 32.2. The van der Waals surface area contributed by atoms with Crippen LogP contribution in [0.25, 0.3) is 11.3 Å². The molecule has 1 aliphatic heterocycles. The number of thioether (sulfide) groups is 1. The maximum absolute atomic E-state index is 12.8. The minimum Gasteiger partial charge on any atom is -0.497 e. The minimum absolute atomic E-state index is 0.0618. The number of carbonyl (C=O) groups is 2. The van der Waals surface area contributed by atoms with Gasteiger partial charge in [-0.15, -0.1) is 0 Å². The monoisotopic (exact) mass is 492 g/mol. The Morgan fingerprint density at radius 1 is 1.11 bits per heavy atom. The minimum atomic E-state index is -0.0618. The molecule has 184 valence electrons. The first-order valence-electron chi connectivity index (χ1n) is 12.1. The fraction of sp³-hybridized carbons (Fsp3) is 0.370. The van der Waals surface area contributed by atoms with Gasteiger partial charge in [-0.1, -0.05) is 19.1 Å². The van der Waals surface area contributed by atoms with Gasteiger partial charge in [0.2, 0.25) is 5.91 Å². The molecule has 0 bridgehead atoms. The number of rotatable bonds is 11. The Hall–Kier alpha value is -3.26. The summed E-state index contributed by atoms with van der Waals surface area (Å²) < 4.78 is 7.13. The number of fused-ring (bicyclic) bond motifs is 1. The summed E-state index contributed by atoms with van der Waals surface area (Å²) in [4.78, 5) is 27.0. The SMILES string of the molecule is CCCSCCCNC(=O)c1ccc(CN2C(=O)CCn3nc(-c4ccc(OC)cc4)cc32)cc1. The van der Waals surface area contributed by atoms with Crippen LogP contribution in [0.4, 0.5) is 5.82 Å². The number of aromatic nitrogens is 2. The van der Waals surface area contributed by atoms with Crippen LogP contribution in [0.15, 0.2) is 54.6 Å². The Labute approximate surface area is 210 Å². The largest absolute Gasteiger partial charge is 0.497 e. The molecule has 0 fully saturated rings. The summed E-state index contributed by atoms with van der Waals surface area (Å²) in [6.07, 6.45) is 2.56.